The second-order valence-electron chi connectivity index (χ2n) is 8.60. The minimum absolute atomic E-state index is 0.151. The van der Waals surface area contributed by atoms with E-state index in [2.05, 4.69) is 59.9 Å². The Bertz CT molecular complexity index is 1470. The Labute approximate surface area is 210 Å². The second kappa shape index (κ2) is 9.80. The molecule has 1 aliphatic heterocycles. The van der Waals surface area contributed by atoms with E-state index in [0.29, 0.717) is 11.7 Å². The van der Waals surface area contributed by atoms with Crippen molar-refractivity contribution in [3.8, 4) is 22.5 Å². The van der Waals surface area contributed by atoms with Crippen molar-refractivity contribution < 1.29 is 0 Å². The first-order valence-electron chi connectivity index (χ1n) is 12.0. The molecule has 36 heavy (non-hydrogen) atoms. The molecule has 0 radical (unpaired) electrons. The lowest BCUT2D eigenvalue weighted by atomic mass is 10.0. The first-order valence-corrected chi connectivity index (χ1v) is 12.0. The predicted octanol–water partition coefficient (Wildman–Crippen LogP) is 6.94. The number of rotatable bonds is 5. The van der Waals surface area contributed by atoms with Crippen LogP contribution in [0, 0.1) is 0 Å². The number of benzene rings is 4. The zero-order chi connectivity index (χ0) is 24.2. The summed E-state index contributed by atoms with van der Waals surface area (Å²) in [6.07, 6.45) is 2.16. The van der Waals surface area contributed by atoms with Crippen molar-refractivity contribution >= 4 is 11.5 Å². The maximum Gasteiger partial charge on any atom is 0.196 e. The average molecular weight is 465 g/mol. The van der Waals surface area contributed by atoms with Gasteiger partial charge in [0.15, 0.2) is 11.7 Å². The van der Waals surface area contributed by atoms with Crippen LogP contribution in [0.4, 0.5) is 0 Å². The fourth-order valence-corrected chi connectivity index (χ4v) is 4.32. The van der Waals surface area contributed by atoms with Crippen LogP contribution in [0.3, 0.4) is 0 Å². The van der Waals surface area contributed by atoms with Crippen LogP contribution in [0.15, 0.2) is 138 Å². The van der Waals surface area contributed by atoms with Gasteiger partial charge in [0.25, 0.3) is 0 Å². The number of nitrogens with zero attached hydrogens (tertiary/aromatic N) is 3. The van der Waals surface area contributed by atoms with Gasteiger partial charge in [-0.1, -0.05) is 121 Å². The highest BCUT2D eigenvalue weighted by molar-refractivity contribution is 6.03. The molecule has 0 bridgehead atoms. The molecule has 0 spiro atoms. The fraction of sp³-hybridized carbons (Fsp3) is 0.0312. The maximum atomic E-state index is 5.07. The van der Waals surface area contributed by atoms with Crippen molar-refractivity contribution in [2.75, 3.05) is 0 Å². The Balaban J connectivity index is 1.50. The fourth-order valence-electron chi connectivity index (χ4n) is 4.32. The van der Waals surface area contributed by atoms with Crippen LogP contribution in [0.5, 0.6) is 0 Å². The summed E-state index contributed by atoms with van der Waals surface area (Å²) in [5.74, 6) is 1.22. The van der Waals surface area contributed by atoms with Crippen LogP contribution < -0.4 is 5.32 Å². The van der Waals surface area contributed by atoms with E-state index >= 15 is 0 Å². The molecular formula is C32H24N4. The molecule has 0 saturated carbocycles. The quantitative estimate of drug-likeness (QED) is 0.306. The Morgan fingerprint density at radius 1 is 0.528 bits per heavy atom. The number of amidine groups is 1. The van der Waals surface area contributed by atoms with Crippen molar-refractivity contribution in [1.29, 1.82) is 0 Å². The highest BCUT2D eigenvalue weighted by atomic mass is 15.1. The molecule has 1 atom stereocenters. The first-order chi connectivity index (χ1) is 17.8. The summed E-state index contributed by atoms with van der Waals surface area (Å²) >= 11 is 0. The Morgan fingerprint density at radius 3 is 1.53 bits per heavy atom. The Kier molecular flexibility index (Phi) is 5.91. The van der Waals surface area contributed by atoms with Gasteiger partial charge in [-0.15, -0.1) is 0 Å². The molecule has 4 heteroatoms. The summed E-state index contributed by atoms with van der Waals surface area (Å²) in [6, 6.07) is 42.9. The number of nitrogens with one attached hydrogen (secondary N) is 1. The second-order valence-corrected chi connectivity index (χ2v) is 8.60. The zero-order valence-electron chi connectivity index (χ0n) is 19.6. The van der Waals surface area contributed by atoms with Crippen LogP contribution in [0.1, 0.15) is 23.0 Å². The van der Waals surface area contributed by atoms with Gasteiger partial charge >= 0.3 is 0 Å². The smallest absolute Gasteiger partial charge is 0.196 e. The van der Waals surface area contributed by atoms with E-state index in [4.69, 9.17) is 15.0 Å². The van der Waals surface area contributed by atoms with E-state index in [1.807, 2.05) is 78.9 Å². The number of hydrogen-bond acceptors (Lipinski definition) is 4. The van der Waals surface area contributed by atoms with Crippen molar-refractivity contribution in [2.24, 2.45) is 4.99 Å². The number of hydrogen-bond donors (Lipinski definition) is 1. The molecule has 1 N–H and O–H groups in total. The summed E-state index contributed by atoms with van der Waals surface area (Å²) in [6.45, 7) is 0. The Hall–Kier alpha value is -4.83. The lowest BCUT2D eigenvalue weighted by Gasteiger charge is -2.23. The highest BCUT2D eigenvalue weighted by Gasteiger charge is 2.22. The van der Waals surface area contributed by atoms with Crippen molar-refractivity contribution in [2.45, 2.75) is 6.04 Å². The van der Waals surface area contributed by atoms with Crippen molar-refractivity contribution in [3.63, 3.8) is 0 Å². The van der Waals surface area contributed by atoms with Crippen LogP contribution in [0.25, 0.3) is 28.2 Å². The first kappa shape index (κ1) is 21.7. The molecule has 1 aliphatic rings. The Morgan fingerprint density at radius 2 is 1.00 bits per heavy atom. The molecule has 6 rings (SSSR count). The van der Waals surface area contributed by atoms with E-state index in [1.54, 1.807) is 0 Å². The van der Waals surface area contributed by atoms with Gasteiger partial charge in [0.2, 0.25) is 0 Å². The third kappa shape index (κ3) is 4.57. The normalized spacial score (nSPS) is 14.9. The van der Waals surface area contributed by atoms with Gasteiger partial charge in [0, 0.05) is 16.8 Å². The third-order valence-electron chi connectivity index (χ3n) is 6.15. The van der Waals surface area contributed by atoms with Gasteiger partial charge in [-0.2, -0.15) is 0 Å². The van der Waals surface area contributed by atoms with E-state index < -0.39 is 0 Å². The SMILES string of the molecule is C1=C(c2ccccc2)NC(c2nc(-c3ccccc3)cc(-c3ccccc3)n2)=NC1c1ccccc1. The van der Waals surface area contributed by atoms with Gasteiger partial charge in [-0.05, 0) is 23.3 Å². The van der Waals surface area contributed by atoms with Gasteiger partial charge < -0.3 is 5.32 Å². The molecule has 0 amide bonds. The molecule has 0 fully saturated rings. The summed E-state index contributed by atoms with van der Waals surface area (Å²) in [4.78, 5) is 15.0. The van der Waals surface area contributed by atoms with Crippen LogP contribution in [0.2, 0.25) is 0 Å². The topological polar surface area (TPSA) is 50.2 Å². The predicted molar refractivity (Wildman–Crippen MR) is 146 cm³/mol. The molecule has 4 aromatic carbocycles. The molecule has 5 aromatic rings. The largest absolute Gasteiger partial charge is 0.337 e. The van der Waals surface area contributed by atoms with Crippen LogP contribution in [-0.2, 0) is 0 Å². The van der Waals surface area contributed by atoms with Gasteiger partial charge in [0.1, 0.15) is 0 Å². The zero-order valence-corrected chi connectivity index (χ0v) is 19.6. The van der Waals surface area contributed by atoms with Crippen molar-refractivity contribution in [1.82, 2.24) is 15.3 Å². The molecule has 4 nitrogen and oxygen atoms in total. The minimum atomic E-state index is -0.151. The van der Waals surface area contributed by atoms with Crippen LogP contribution >= 0.6 is 0 Å². The molecule has 1 unspecified atom stereocenters. The average Bonchev–Trinajstić information content (AvgIpc) is 2.98. The summed E-state index contributed by atoms with van der Waals surface area (Å²) in [5.41, 5.74) is 6.98. The number of aliphatic imine (C=N–C) groups is 1. The van der Waals surface area contributed by atoms with Crippen molar-refractivity contribution in [3.05, 3.63) is 150 Å². The molecule has 2 heterocycles. The van der Waals surface area contributed by atoms with Gasteiger partial charge in [-0.3, -0.25) is 4.99 Å². The molecule has 0 saturated heterocycles. The lowest BCUT2D eigenvalue weighted by Crippen LogP contribution is -2.29. The van der Waals surface area contributed by atoms with E-state index in [9.17, 15) is 0 Å². The standard InChI is InChI=1S/C32H24N4/c1-5-13-23(14-6-1)27-21-28(24-15-7-2-8-16-24)34-31(33-27)32-35-29(25-17-9-3-10-18-25)22-30(36-32)26-19-11-4-12-20-26/h1-22,27H,(H,33,34). The molecule has 172 valence electrons. The van der Waals surface area contributed by atoms with E-state index in [0.717, 1.165) is 39.3 Å². The summed E-state index contributed by atoms with van der Waals surface area (Å²) < 4.78 is 0. The van der Waals surface area contributed by atoms with Gasteiger partial charge in [-0.25, -0.2) is 9.97 Å². The third-order valence-corrected chi connectivity index (χ3v) is 6.15. The summed E-state index contributed by atoms with van der Waals surface area (Å²) in [5, 5.41) is 3.53. The molecular weight excluding hydrogens is 440 g/mol. The monoisotopic (exact) mass is 464 g/mol. The summed E-state index contributed by atoms with van der Waals surface area (Å²) in [7, 11) is 0. The van der Waals surface area contributed by atoms with E-state index in [-0.39, 0.29) is 6.04 Å². The number of aromatic nitrogens is 2. The lowest BCUT2D eigenvalue weighted by molar-refractivity contribution is 0.873. The maximum absolute atomic E-state index is 5.07. The molecule has 1 aromatic heterocycles. The highest BCUT2D eigenvalue weighted by Crippen LogP contribution is 2.29. The van der Waals surface area contributed by atoms with E-state index in [1.165, 1.54) is 0 Å². The minimum Gasteiger partial charge on any atom is -0.337 e. The van der Waals surface area contributed by atoms with Crippen LogP contribution in [-0.4, -0.2) is 15.8 Å². The molecule has 0 aliphatic carbocycles. The van der Waals surface area contributed by atoms with Gasteiger partial charge in [0.05, 0.1) is 17.4 Å².